The number of rotatable bonds is 4. The Hall–Kier alpha value is -2.00. The number of carboxylic acid groups (broad SMARTS) is 1. The van der Waals surface area contributed by atoms with E-state index in [-0.39, 0.29) is 5.41 Å². The normalized spacial score (nSPS) is 12.3. The second-order valence-corrected chi connectivity index (χ2v) is 7.33. The van der Waals surface area contributed by atoms with Gasteiger partial charge in [-0.15, -0.1) is 11.8 Å². The Morgan fingerprint density at radius 2 is 1.43 bits per heavy atom. The first-order chi connectivity index (χ1) is 10.8. The van der Waals surface area contributed by atoms with Gasteiger partial charge in [0.25, 0.3) is 0 Å². The van der Waals surface area contributed by atoms with E-state index in [0.29, 0.717) is 0 Å². The third-order valence-electron chi connectivity index (χ3n) is 3.73. The fourth-order valence-electron chi connectivity index (χ4n) is 2.38. The predicted octanol–water partition coefficient (Wildman–Crippen LogP) is 5.22. The summed E-state index contributed by atoms with van der Waals surface area (Å²) in [5.41, 5.74) is 3.86. The maximum absolute atomic E-state index is 11.2. The van der Waals surface area contributed by atoms with Crippen molar-refractivity contribution in [3.63, 3.8) is 0 Å². The largest absolute Gasteiger partial charge is 0.478 e. The standard InChI is InChI=1S/C20H22O2S/c1-20(2,3)16-9-5-14(6-10-16)18(13-19(21)22)15-7-11-17(23-4)12-8-15/h5-13H,1-4H3,(H,21,22)/b18-13+. The smallest absolute Gasteiger partial charge is 0.328 e. The zero-order valence-corrected chi connectivity index (χ0v) is 14.8. The second-order valence-electron chi connectivity index (χ2n) is 6.45. The van der Waals surface area contributed by atoms with Gasteiger partial charge in [-0.1, -0.05) is 57.2 Å². The van der Waals surface area contributed by atoms with Gasteiger partial charge in [-0.2, -0.15) is 0 Å². The van der Waals surface area contributed by atoms with E-state index in [2.05, 4.69) is 32.9 Å². The van der Waals surface area contributed by atoms with Crippen molar-refractivity contribution in [2.24, 2.45) is 0 Å². The van der Waals surface area contributed by atoms with Crippen molar-refractivity contribution >= 4 is 23.3 Å². The van der Waals surface area contributed by atoms with Crippen molar-refractivity contribution in [2.45, 2.75) is 31.1 Å². The van der Waals surface area contributed by atoms with E-state index in [1.54, 1.807) is 11.8 Å². The van der Waals surface area contributed by atoms with Gasteiger partial charge in [-0.05, 0) is 46.1 Å². The first kappa shape index (κ1) is 17.4. The van der Waals surface area contributed by atoms with E-state index in [1.807, 2.05) is 42.7 Å². The highest BCUT2D eigenvalue weighted by Crippen LogP contribution is 2.28. The summed E-state index contributed by atoms with van der Waals surface area (Å²) in [6, 6.07) is 16.1. The molecule has 0 atom stereocenters. The van der Waals surface area contributed by atoms with Crippen molar-refractivity contribution in [2.75, 3.05) is 6.26 Å². The molecule has 1 N–H and O–H groups in total. The molecule has 0 aliphatic heterocycles. The first-order valence-electron chi connectivity index (χ1n) is 7.51. The summed E-state index contributed by atoms with van der Waals surface area (Å²) in [7, 11) is 0. The van der Waals surface area contributed by atoms with Crippen LogP contribution < -0.4 is 0 Å². The highest BCUT2D eigenvalue weighted by molar-refractivity contribution is 7.98. The Bertz CT molecular complexity index is 705. The maximum Gasteiger partial charge on any atom is 0.328 e. The van der Waals surface area contributed by atoms with E-state index < -0.39 is 5.97 Å². The van der Waals surface area contributed by atoms with E-state index in [9.17, 15) is 9.90 Å². The van der Waals surface area contributed by atoms with Crippen LogP contribution in [0.2, 0.25) is 0 Å². The average Bonchev–Trinajstić information content (AvgIpc) is 2.52. The predicted molar refractivity (Wildman–Crippen MR) is 98.1 cm³/mol. The number of hydrogen-bond acceptors (Lipinski definition) is 2. The molecular weight excluding hydrogens is 304 g/mol. The minimum atomic E-state index is -0.936. The third kappa shape index (κ3) is 4.49. The number of hydrogen-bond donors (Lipinski definition) is 1. The third-order valence-corrected chi connectivity index (χ3v) is 4.47. The molecule has 0 fully saturated rings. The van der Waals surface area contributed by atoms with Gasteiger partial charge >= 0.3 is 5.97 Å². The summed E-state index contributed by atoms with van der Waals surface area (Å²) in [6.07, 6.45) is 3.30. The Kier molecular flexibility index (Phi) is 5.32. The molecule has 0 bridgehead atoms. The van der Waals surface area contributed by atoms with Crippen LogP contribution in [-0.2, 0) is 10.2 Å². The van der Waals surface area contributed by atoms with Crippen LogP contribution in [0.1, 0.15) is 37.5 Å². The van der Waals surface area contributed by atoms with Crippen molar-refractivity contribution in [3.05, 3.63) is 71.3 Å². The van der Waals surface area contributed by atoms with Gasteiger partial charge in [-0.3, -0.25) is 0 Å². The lowest BCUT2D eigenvalue weighted by Crippen LogP contribution is -2.10. The molecule has 0 saturated heterocycles. The number of aliphatic carboxylic acids is 1. The van der Waals surface area contributed by atoms with Crippen LogP contribution in [0.15, 0.2) is 59.5 Å². The fraction of sp³-hybridized carbons (Fsp3) is 0.250. The van der Waals surface area contributed by atoms with Crippen LogP contribution in [-0.4, -0.2) is 17.3 Å². The summed E-state index contributed by atoms with van der Waals surface area (Å²) in [5.74, 6) is -0.936. The Morgan fingerprint density at radius 3 is 1.83 bits per heavy atom. The van der Waals surface area contributed by atoms with Gasteiger partial charge in [-0.25, -0.2) is 4.79 Å². The zero-order valence-electron chi connectivity index (χ0n) is 14.0. The molecule has 2 nitrogen and oxygen atoms in total. The molecule has 2 aromatic rings. The van der Waals surface area contributed by atoms with Crippen LogP contribution in [0.25, 0.3) is 5.57 Å². The van der Waals surface area contributed by atoms with Crippen LogP contribution in [0.4, 0.5) is 0 Å². The average molecular weight is 326 g/mol. The van der Waals surface area contributed by atoms with Gasteiger partial charge in [0.1, 0.15) is 0 Å². The van der Waals surface area contributed by atoms with E-state index in [0.717, 1.165) is 21.6 Å². The quantitative estimate of drug-likeness (QED) is 0.618. The molecule has 0 aliphatic carbocycles. The molecule has 0 amide bonds. The molecule has 0 spiro atoms. The van der Waals surface area contributed by atoms with Crippen LogP contribution in [0, 0.1) is 0 Å². The molecular formula is C20H22O2S. The van der Waals surface area contributed by atoms with E-state index in [4.69, 9.17) is 0 Å². The maximum atomic E-state index is 11.2. The van der Waals surface area contributed by atoms with Gasteiger partial charge in [0.05, 0.1) is 0 Å². The minimum Gasteiger partial charge on any atom is -0.478 e. The topological polar surface area (TPSA) is 37.3 Å². The Morgan fingerprint density at radius 1 is 0.957 bits per heavy atom. The molecule has 0 saturated carbocycles. The van der Waals surface area contributed by atoms with Gasteiger partial charge in [0.2, 0.25) is 0 Å². The van der Waals surface area contributed by atoms with Crippen LogP contribution in [0.3, 0.4) is 0 Å². The number of benzene rings is 2. The molecule has 2 rings (SSSR count). The number of carbonyl (C=O) groups is 1. The molecule has 0 aromatic heterocycles. The van der Waals surface area contributed by atoms with Gasteiger partial charge in [0.15, 0.2) is 0 Å². The molecule has 3 heteroatoms. The first-order valence-corrected chi connectivity index (χ1v) is 8.73. The summed E-state index contributed by atoms with van der Waals surface area (Å²) < 4.78 is 0. The summed E-state index contributed by atoms with van der Waals surface area (Å²) in [5, 5.41) is 9.21. The highest BCUT2D eigenvalue weighted by Gasteiger charge is 2.14. The molecule has 2 aromatic carbocycles. The SMILES string of the molecule is CSc1ccc(/C(=C/C(=O)O)c2ccc(C(C)(C)C)cc2)cc1. The molecule has 23 heavy (non-hydrogen) atoms. The molecule has 0 aliphatic rings. The Balaban J connectivity index is 2.45. The number of carboxylic acids is 1. The molecule has 0 radical (unpaired) electrons. The zero-order chi connectivity index (χ0) is 17.0. The van der Waals surface area contributed by atoms with E-state index in [1.165, 1.54) is 11.6 Å². The van der Waals surface area contributed by atoms with Crippen LogP contribution >= 0.6 is 11.8 Å². The summed E-state index contributed by atoms with van der Waals surface area (Å²) in [6.45, 7) is 6.49. The monoisotopic (exact) mass is 326 g/mol. The lowest BCUT2D eigenvalue weighted by molar-refractivity contribution is -0.131. The van der Waals surface area contributed by atoms with Gasteiger partial charge < -0.3 is 5.11 Å². The van der Waals surface area contributed by atoms with Crippen molar-refractivity contribution < 1.29 is 9.90 Å². The van der Waals surface area contributed by atoms with Crippen molar-refractivity contribution in [1.82, 2.24) is 0 Å². The minimum absolute atomic E-state index is 0.0786. The van der Waals surface area contributed by atoms with Crippen molar-refractivity contribution in [1.29, 1.82) is 0 Å². The molecule has 0 unspecified atom stereocenters. The molecule has 120 valence electrons. The van der Waals surface area contributed by atoms with Crippen LogP contribution in [0.5, 0.6) is 0 Å². The van der Waals surface area contributed by atoms with E-state index >= 15 is 0 Å². The lowest BCUT2D eigenvalue weighted by atomic mass is 9.85. The van der Waals surface area contributed by atoms with Gasteiger partial charge in [0, 0.05) is 11.0 Å². The Labute approximate surface area is 142 Å². The molecule has 0 heterocycles. The fourth-order valence-corrected chi connectivity index (χ4v) is 2.79. The summed E-state index contributed by atoms with van der Waals surface area (Å²) in [4.78, 5) is 12.4. The second kappa shape index (κ2) is 7.05. The lowest BCUT2D eigenvalue weighted by Gasteiger charge is -2.19. The van der Waals surface area contributed by atoms with Crippen molar-refractivity contribution in [3.8, 4) is 0 Å². The summed E-state index contributed by atoms with van der Waals surface area (Å²) >= 11 is 1.67. The highest BCUT2D eigenvalue weighted by atomic mass is 32.2. The number of thioether (sulfide) groups is 1.